The Bertz CT molecular complexity index is 524. The van der Waals surface area contributed by atoms with E-state index in [1.54, 1.807) is 5.56 Å². The number of benzene rings is 1. The Kier molecular flexibility index (Phi) is 3.92. The highest BCUT2D eigenvalue weighted by Crippen LogP contribution is 2.51. The van der Waals surface area contributed by atoms with Crippen molar-refractivity contribution in [1.82, 2.24) is 4.90 Å². The Morgan fingerprint density at radius 1 is 1.20 bits per heavy atom. The zero-order valence-electron chi connectivity index (χ0n) is 12.6. The summed E-state index contributed by atoms with van der Waals surface area (Å²) in [6.45, 7) is 1.15. The van der Waals surface area contributed by atoms with E-state index in [4.69, 9.17) is 11.6 Å². The minimum atomic E-state index is 0.341. The first-order chi connectivity index (χ1) is 9.61. The molecule has 2 heteroatoms. The van der Waals surface area contributed by atoms with E-state index in [9.17, 15) is 0 Å². The molecule has 2 aliphatic carbocycles. The fraction of sp³-hybridized carbons (Fsp3) is 0.556. The van der Waals surface area contributed by atoms with E-state index in [1.165, 1.54) is 49.7 Å². The highest BCUT2D eigenvalue weighted by molar-refractivity contribution is 6.30. The molecule has 0 saturated heterocycles. The van der Waals surface area contributed by atoms with Gasteiger partial charge < -0.3 is 4.90 Å². The molecule has 0 aliphatic heterocycles. The summed E-state index contributed by atoms with van der Waals surface area (Å²) in [6, 6.07) is 6.53. The molecule has 0 N–H and O–H groups in total. The molecule has 0 aromatic heterocycles. The van der Waals surface area contributed by atoms with Gasteiger partial charge in [-0.2, -0.15) is 0 Å². The fourth-order valence-electron chi connectivity index (χ4n) is 3.92. The third kappa shape index (κ3) is 2.54. The van der Waals surface area contributed by atoms with E-state index in [0.29, 0.717) is 5.41 Å². The molecule has 2 aliphatic rings. The van der Waals surface area contributed by atoms with Gasteiger partial charge in [0.1, 0.15) is 0 Å². The molecule has 1 saturated carbocycles. The van der Waals surface area contributed by atoms with Gasteiger partial charge in [0.2, 0.25) is 0 Å². The standard InChI is InChI=1S/C18H24ClN/c1-20(2)11-5-6-14-13-18(9-3-4-10-18)17-8-7-15(19)12-16(14)17/h7-8,12-13H,3-6,9-11H2,1-2H3. The third-order valence-corrected chi connectivity index (χ3v) is 5.10. The van der Waals surface area contributed by atoms with Crippen LogP contribution in [0.25, 0.3) is 5.57 Å². The minimum absolute atomic E-state index is 0.341. The van der Waals surface area contributed by atoms with Crippen LogP contribution >= 0.6 is 11.6 Å². The van der Waals surface area contributed by atoms with Crippen molar-refractivity contribution in [3.05, 3.63) is 40.4 Å². The van der Waals surface area contributed by atoms with Gasteiger partial charge in [-0.3, -0.25) is 0 Å². The van der Waals surface area contributed by atoms with Gasteiger partial charge in [-0.1, -0.05) is 36.6 Å². The molecule has 0 unspecified atom stereocenters. The van der Waals surface area contributed by atoms with Crippen molar-refractivity contribution < 1.29 is 0 Å². The van der Waals surface area contributed by atoms with Crippen LogP contribution in [0.3, 0.4) is 0 Å². The van der Waals surface area contributed by atoms with E-state index in [0.717, 1.165) is 11.6 Å². The molecule has 108 valence electrons. The lowest BCUT2D eigenvalue weighted by atomic mass is 9.81. The number of nitrogens with zero attached hydrogens (tertiary/aromatic N) is 1. The first-order valence-electron chi connectivity index (χ1n) is 7.78. The Morgan fingerprint density at radius 3 is 2.65 bits per heavy atom. The summed E-state index contributed by atoms with van der Waals surface area (Å²) >= 11 is 6.23. The molecule has 0 heterocycles. The smallest absolute Gasteiger partial charge is 0.0412 e. The summed E-state index contributed by atoms with van der Waals surface area (Å²) in [6.07, 6.45) is 10.3. The van der Waals surface area contributed by atoms with Crippen molar-refractivity contribution in [1.29, 1.82) is 0 Å². The molecule has 0 bridgehead atoms. The SMILES string of the molecule is CN(C)CCCC1=CC2(CCCC2)c2ccc(Cl)cc21. The summed E-state index contributed by atoms with van der Waals surface area (Å²) in [7, 11) is 4.29. The number of hydrogen-bond acceptors (Lipinski definition) is 1. The predicted octanol–water partition coefficient (Wildman–Crippen LogP) is 4.89. The number of fused-ring (bicyclic) bond motifs is 2. The van der Waals surface area contributed by atoms with E-state index >= 15 is 0 Å². The van der Waals surface area contributed by atoms with Crippen LogP contribution in [0, 0.1) is 0 Å². The molecule has 1 aromatic rings. The van der Waals surface area contributed by atoms with Gasteiger partial charge in [-0.15, -0.1) is 0 Å². The van der Waals surface area contributed by atoms with E-state index in [1.807, 2.05) is 0 Å². The van der Waals surface area contributed by atoms with E-state index < -0.39 is 0 Å². The number of halogens is 1. The zero-order chi connectivity index (χ0) is 14.2. The van der Waals surface area contributed by atoms with Gasteiger partial charge in [0, 0.05) is 10.4 Å². The normalized spacial score (nSPS) is 19.7. The average Bonchev–Trinajstić information content (AvgIpc) is 2.97. The van der Waals surface area contributed by atoms with Crippen molar-refractivity contribution in [2.45, 2.75) is 43.9 Å². The zero-order valence-corrected chi connectivity index (χ0v) is 13.3. The number of allylic oxidation sites excluding steroid dienone is 2. The third-order valence-electron chi connectivity index (χ3n) is 4.86. The van der Waals surface area contributed by atoms with Crippen LogP contribution in [0.5, 0.6) is 0 Å². The Hall–Kier alpha value is -0.790. The monoisotopic (exact) mass is 289 g/mol. The molecular formula is C18H24ClN. The second-order valence-corrected chi connectivity index (χ2v) is 7.07. The molecule has 1 fully saturated rings. The molecule has 20 heavy (non-hydrogen) atoms. The van der Waals surface area contributed by atoms with E-state index in [2.05, 4.69) is 43.3 Å². The largest absolute Gasteiger partial charge is 0.309 e. The van der Waals surface area contributed by atoms with E-state index in [-0.39, 0.29) is 0 Å². The quantitative estimate of drug-likeness (QED) is 0.763. The van der Waals surface area contributed by atoms with Crippen LogP contribution in [0.1, 0.15) is 49.7 Å². The molecule has 0 radical (unpaired) electrons. The highest BCUT2D eigenvalue weighted by atomic mass is 35.5. The van der Waals surface area contributed by atoms with Crippen LogP contribution in [0.2, 0.25) is 5.02 Å². The lowest BCUT2D eigenvalue weighted by molar-refractivity contribution is 0.403. The van der Waals surface area contributed by atoms with Gasteiger partial charge >= 0.3 is 0 Å². The molecule has 1 spiro atoms. The fourth-order valence-corrected chi connectivity index (χ4v) is 4.09. The molecule has 1 aromatic carbocycles. The summed E-state index contributed by atoms with van der Waals surface area (Å²) < 4.78 is 0. The summed E-state index contributed by atoms with van der Waals surface area (Å²) in [5.74, 6) is 0. The van der Waals surface area contributed by atoms with Crippen LogP contribution in [-0.4, -0.2) is 25.5 Å². The lowest BCUT2D eigenvalue weighted by Gasteiger charge is -2.22. The highest BCUT2D eigenvalue weighted by Gasteiger charge is 2.39. The van der Waals surface area contributed by atoms with Crippen LogP contribution in [0.15, 0.2) is 24.3 Å². The van der Waals surface area contributed by atoms with Gasteiger partial charge in [0.05, 0.1) is 0 Å². The molecule has 3 rings (SSSR count). The summed E-state index contributed by atoms with van der Waals surface area (Å²) in [5.41, 5.74) is 4.84. The Morgan fingerprint density at radius 2 is 1.95 bits per heavy atom. The van der Waals surface area contributed by atoms with Gasteiger partial charge in [-0.05, 0) is 75.2 Å². The molecular weight excluding hydrogens is 266 g/mol. The van der Waals surface area contributed by atoms with Crippen molar-refractivity contribution in [3.63, 3.8) is 0 Å². The topological polar surface area (TPSA) is 3.24 Å². The van der Waals surface area contributed by atoms with Crippen molar-refractivity contribution in [2.75, 3.05) is 20.6 Å². The maximum absolute atomic E-state index is 6.23. The van der Waals surface area contributed by atoms with Gasteiger partial charge in [-0.25, -0.2) is 0 Å². The second kappa shape index (κ2) is 5.54. The summed E-state index contributed by atoms with van der Waals surface area (Å²) in [5, 5.41) is 0.873. The molecule has 0 atom stereocenters. The first kappa shape index (κ1) is 14.2. The summed E-state index contributed by atoms with van der Waals surface area (Å²) in [4.78, 5) is 2.26. The molecule has 1 nitrogen and oxygen atoms in total. The minimum Gasteiger partial charge on any atom is -0.309 e. The number of rotatable bonds is 4. The maximum Gasteiger partial charge on any atom is 0.0412 e. The van der Waals surface area contributed by atoms with Crippen molar-refractivity contribution in [3.8, 4) is 0 Å². The Balaban J connectivity index is 1.88. The van der Waals surface area contributed by atoms with Gasteiger partial charge in [0.15, 0.2) is 0 Å². The molecule has 0 amide bonds. The lowest BCUT2D eigenvalue weighted by Crippen LogP contribution is -2.16. The maximum atomic E-state index is 6.23. The van der Waals surface area contributed by atoms with Crippen molar-refractivity contribution in [2.24, 2.45) is 0 Å². The first-order valence-corrected chi connectivity index (χ1v) is 8.15. The van der Waals surface area contributed by atoms with Crippen LogP contribution < -0.4 is 0 Å². The van der Waals surface area contributed by atoms with Crippen LogP contribution in [0.4, 0.5) is 0 Å². The second-order valence-electron chi connectivity index (χ2n) is 6.63. The van der Waals surface area contributed by atoms with Gasteiger partial charge in [0.25, 0.3) is 0 Å². The van der Waals surface area contributed by atoms with Crippen molar-refractivity contribution >= 4 is 17.2 Å². The predicted molar refractivity (Wildman–Crippen MR) is 87.4 cm³/mol. The average molecular weight is 290 g/mol. The Labute approximate surface area is 127 Å². The number of hydrogen-bond donors (Lipinski definition) is 0. The van der Waals surface area contributed by atoms with Crippen LogP contribution in [-0.2, 0) is 5.41 Å².